The quantitative estimate of drug-likeness (QED) is 0.812. The van der Waals surface area contributed by atoms with Crippen LogP contribution in [0.2, 0.25) is 0 Å². The monoisotopic (exact) mass is 402 g/mol. The second-order valence-electron chi connectivity index (χ2n) is 10.8. The molecule has 5 fully saturated rings. The van der Waals surface area contributed by atoms with Gasteiger partial charge in [0, 0.05) is 19.1 Å². The summed E-state index contributed by atoms with van der Waals surface area (Å²) in [5.74, 6) is 4.26. The number of hydrogen-bond acceptors (Lipinski definition) is 5. The molecule has 0 aromatic carbocycles. The van der Waals surface area contributed by atoms with Crippen molar-refractivity contribution in [2.45, 2.75) is 77.0 Å². The van der Waals surface area contributed by atoms with Gasteiger partial charge in [-0.3, -0.25) is 0 Å². The van der Waals surface area contributed by atoms with E-state index in [1.807, 2.05) is 4.68 Å². The smallest absolute Gasteiger partial charge is 0.405 e. The molecule has 5 aliphatic rings. The minimum atomic E-state index is -0.364. The summed E-state index contributed by atoms with van der Waals surface area (Å²) < 4.78 is 7.72. The van der Waals surface area contributed by atoms with Crippen molar-refractivity contribution in [1.82, 2.24) is 15.1 Å². The van der Waals surface area contributed by atoms with Gasteiger partial charge in [-0.2, -0.15) is 5.10 Å². The first-order valence-corrected chi connectivity index (χ1v) is 11.3. The van der Waals surface area contributed by atoms with Crippen LogP contribution in [0.3, 0.4) is 0 Å². The molecule has 1 aliphatic heterocycles. The lowest BCUT2D eigenvalue weighted by Crippen LogP contribution is -2.56. The number of β-amino-alcohol motifs (C(OH)–C–C–N with tert-alkyl or cyclic N) is 1. The molecule has 160 valence electrons. The van der Waals surface area contributed by atoms with Crippen LogP contribution in [0.1, 0.15) is 59.3 Å². The standard InChI is InChI=1S/C22H34N4O3/c1-22(2,3)26-20(25-5-4-17(27)12-25)18(11-23-26)29-21(28)24-19-15-7-13-6-14(9-15)10-16(19)8-13/h11,13-17,19,27H,4-10,12H2,1-3H3,(H,24,28). The van der Waals surface area contributed by atoms with Crippen LogP contribution < -0.4 is 15.0 Å². The molecule has 1 saturated heterocycles. The number of aliphatic hydroxyl groups is 1. The molecule has 1 atom stereocenters. The van der Waals surface area contributed by atoms with E-state index in [1.165, 1.54) is 32.1 Å². The molecule has 2 heterocycles. The molecule has 0 radical (unpaired) electrons. The topological polar surface area (TPSA) is 79.6 Å². The Morgan fingerprint density at radius 2 is 1.83 bits per heavy atom. The summed E-state index contributed by atoms with van der Waals surface area (Å²) in [5, 5.41) is 17.7. The molecule has 7 nitrogen and oxygen atoms in total. The summed E-state index contributed by atoms with van der Waals surface area (Å²) in [6, 6.07) is 0.255. The molecule has 4 saturated carbocycles. The first kappa shape index (κ1) is 19.2. The molecule has 2 N–H and O–H groups in total. The van der Waals surface area contributed by atoms with E-state index >= 15 is 0 Å². The van der Waals surface area contributed by atoms with Crippen molar-refractivity contribution in [1.29, 1.82) is 0 Å². The first-order chi connectivity index (χ1) is 13.8. The number of carbonyl (C=O) groups is 1. The Morgan fingerprint density at radius 1 is 1.17 bits per heavy atom. The van der Waals surface area contributed by atoms with E-state index in [2.05, 4.69) is 36.1 Å². The van der Waals surface area contributed by atoms with Crippen LogP contribution in [0.5, 0.6) is 5.75 Å². The fourth-order valence-corrected chi connectivity index (χ4v) is 6.54. The third-order valence-electron chi connectivity index (χ3n) is 7.52. The molecular weight excluding hydrogens is 368 g/mol. The summed E-state index contributed by atoms with van der Waals surface area (Å²) in [6.07, 6.45) is 8.09. The minimum absolute atomic E-state index is 0.248. The molecule has 1 unspecified atom stereocenters. The van der Waals surface area contributed by atoms with Gasteiger partial charge in [0.15, 0.2) is 11.6 Å². The maximum Gasteiger partial charge on any atom is 0.413 e. The van der Waals surface area contributed by atoms with Crippen molar-refractivity contribution >= 4 is 11.9 Å². The highest BCUT2D eigenvalue weighted by atomic mass is 16.6. The second-order valence-corrected chi connectivity index (χ2v) is 10.8. The molecule has 4 aliphatic carbocycles. The van der Waals surface area contributed by atoms with Crippen LogP contribution in [-0.4, -0.2) is 46.2 Å². The van der Waals surface area contributed by atoms with Crippen molar-refractivity contribution in [2.24, 2.45) is 23.7 Å². The Hall–Kier alpha value is -1.76. The van der Waals surface area contributed by atoms with Crippen LogP contribution in [0, 0.1) is 23.7 Å². The highest BCUT2D eigenvalue weighted by Gasteiger charge is 2.49. The summed E-state index contributed by atoms with van der Waals surface area (Å²) in [5.41, 5.74) is -0.248. The van der Waals surface area contributed by atoms with E-state index < -0.39 is 0 Å². The Labute approximate surface area is 172 Å². The molecular formula is C22H34N4O3. The largest absolute Gasteiger partial charge is 0.413 e. The number of nitrogens with one attached hydrogen (secondary N) is 1. The van der Waals surface area contributed by atoms with Crippen LogP contribution in [-0.2, 0) is 5.54 Å². The SMILES string of the molecule is CC(C)(C)n1ncc(OC(=O)NC2C3CC4CC(C3)CC2C4)c1N1CCC(O)C1. The zero-order chi connectivity index (χ0) is 20.3. The lowest BCUT2D eigenvalue weighted by Gasteiger charge is -2.54. The predicted octanol–water partition coefficient (Wildman–Crippen LogP) is 3.12. The van der Waals surface area contributed by atoms with Gasteiger partial charge in [0.2, 0.25) is 0 Å². The highest BCUT2D eigenvalue weighted by molar-refractivity contribution is 5.73. The van der Waals surface area contributed by atoms with E-state index in [1.54, 1.807) is 6.20 Å². The lowest BCUT2D eigenvalue weighted by molar-refractivity contribution is -0.0114. The number of nitrogens with zero attached hydrogens (tertiary/aromatic N) is 3. The fraction of sp³-hybridized carbons (Fsp3) is 0.818. The Kier molecular flexibility index (Phi) is 4.57. The van der Waals surface area contributed by atoms with Gasteiger partial charge in [0.1, 0.15) is 0 Å². The van der Waals surface area contributed by atoms with Gasteiger partial charge in [-0.25, -0.2) is 9.48 Å². The van der Waals surface area contributed by atoms with E-state index in [9.17, 15) is 9.90 Å². The molecule has 0 spiro atoms. The molecule has 1 aromatic rings. The van der Waals surface area contributed by atoms with E-state index in [0.717, 1.165) is 24.2 Å². The normalized spacial score (nSPS) is 35.9. The fourth-order valence-electron chi connectivity index (χ4n) is 6.54. The molecule has 29 heavy (non-hydrogen) atoms. The highest BCUT2D eigenvalue weighted by Crippen LogP contribution is 2.53. The molecule has 1 amide bonds. The zero-order valence-corrected chi connectivity index (χ0v) is 17.8. The Bertz CT molecular complexity index is 756. The van der Waals surface area contributed by atoms with Crippen molar-refractivity contribution < 1.29 is 14.6 Å². The Morgan fingerprint density at radius 3 is 2.38 bits per heavy atom. The second kappa shape index (κ2) is 6.89. The van der Waals surface area contributed by atoms with Crippen LogP contribution >= 0.6 is 0 Å². The summed E-state index contributed by atoms with van der Waals surface area (Å²) in [4.78, 5) is 14.9. The van der Waals surface area contributed by atoms with Gasteiger partial charge < -0.3 is 20.1 Å². The minimum Gasteiger partial charge on any atom is -0.405 e. The lowest BCUT2D eigenvalue weighted by atomic mass is 9.54. The number of hydrogen-bond donors (Lipinski definition) is 2. The van der Waals surface area contributed by atoms with Crippen LogP contribution in [0.25, 0.3) is 0 Å². The van der Waals surface area contributed by atoms with Gasteiger partial charge in [-0.1, -0.05) is 0 Å². The van der Waals surface area contributed by atoms with Crippen molar-refractivity contribution in [3.8, 4) is 5.75 Å². The van der Waals surface area contributed by atoms with Gasteiger partial charge >= 0.3 is 6.09 Å². The third kappa shape index (κ3) is 3.51. The summed E-state index contributed by atoms with van der Waals surface area (Å²) in [6.45, 7) is 7.50. The molecule has 4 bridgehead atoms. The van der Waals surface area contributed by atoms with Gasteiger partial charge in [-0.15, -0.1) is 0 Å². The number of aromatic nitrogens is 2. The number of anilines is 1. The maximum atomic E-state index is 12.9. The number of carbonyl (C=O) groups excluding carboxylic acids is 1. The first-order valence-electron chi connectivity index (χ1n) is 11.3. The van der Waals surface area contributed by atoms with Crippen LogP contribution in [0.4, 0.5) is 10.6 Å². The predicted molar refractivity (Wildman–Crippen MR) is 110 cm³/mol. The zero-order valence-electron chi connectivity index (χ0n) is 17.8. The molecule has 6 rings (SSSR count). The number of aliphatic hydroxyl groups excluding tert-OH is 1. The number of rotatable bonds is 3. The van der Waals surface area contributed by atoms with Gasteiger partial charge in [0.25, 0.3) is 0 Å². The number of ether oxygens (including phenoxy) is 1. The average molecular weight is 403 g/mol. The maximum absolute atomic E-state index is 12.9. The summed E-state index contributed by atoms with van der Waals surface area (Å²) >= 11 is 0. The van der Waals surface area contributed by atoms with Crippen molar-refractivity contribution in [2.75, 3.05) is 18.0 Å². The summed E-state index contributed by atoms with van der Waals surface area (Å²) in [7, 11) is 0. The van der Waals surface area contributed by atoms with Gasteiger partial charge in [-0.05, 0) is 83.0 Å². The molecule has 1 aromatic heterocycles. The number of amides is 1. The van der Waals surface area contributed by atoms with E-state index in [-0.39, 0.29) is 23.8 Å². The average Bonchev–Trinajstić information content (AvgIpc) is 3.23. The van der Waals surface area contributed by atoms with E-state index in [4.69, 9.17) is 4.74 Å². The van der Waals surface area contributed by atoms with E-state index in [0.29, 0.717) is 30.6 Å². The van der Waals surface area contributed by atoms with Gasteiger partial charge in [0.05, 0.1) is 17.8 Å². The Balaban J connectivity index is 1.32. The van der Waals surface area contributed by atoms with Crippen molar-refractivity contribution in [3.05, 3.63) is 6.20 Å². The van der Waals surface area contributed by atoms with Crippen LogP contribution in [0.15, 0.2) is 6.20 Å². The van der Waals surface area contributed by atoms with Crippen molar-refractivity contribution in [3.63, 3.8) is 0 Å². The molecule has 7 heteroatoms. The third-order valence-corrected chi connectivity index (χ3v) is 7.52.